The van der Waals surface area contributed by atoms with Crippen molar-refractivity contribution >= 4 is 11.6 Å². The van der Waals surface area contributed by atoms with E-state index in [0.717, 1.165) is 12.3 Å². The topological polar surface area (TPSA) is 42.0 Å². The minimum Gasteiger partial charge on any atom is -0.322 e. The summed E-state index contributed by atoms with van der Waals surface area (Å²) in [5.41, 5.74) is -1.15. The lowest BCUT2D eigenvalue weighted by Gasteiger charge is -2.07. The zero-order valence-corrected chi connectivity index (χ0v) is 9.55. The van der Waals surface area contributed by atoms with Crippen LogP contribution in [0.15, 0.2) is 24.4 Å². The third-order valence-electron chi connectivity index (χ3n) is 2.33. The van der Waals surface area contributed by atoms with Crippen LogP contribution in [0.4, 0.5) is 27.6 Å². The van der Waals surface area contributed by atoms with E-state index in [0.29, 0.717) is 12.1 Å². The van der Waals surface area contributed by atoms with Crippen molar-refractivity contribution in [1.29, 1.82) is 0 Å². The molecule has 0 saturated heterocycles. The SMILES string of the molecule is O=C(Nc1cc(F)c(F)c(F)c1)c1ccnc(F)c1F. The van der Waals surface area contributed by atoms with Crippen molar-refractivity contribution in [3.8, 4) is 0 Å². The van der Waals surface area contributed by atoms with E-state index in [-0.39, 0.29) is 0 Å². The van der Waals surface area contributed by atoms with Crippen LogP contribution in [-0.4, -0.2) is 10.9 Å². The largest absolute Gasteiger partial charge is 0.322 e. The molecular weight excluding hydrogens is 283 g/mol. The molecule has 20 heavy (non-hydrogen) atoms. The standard InChI is InChI=1S/C12H5F5N2O/c13-7-3-5(4-8(14)10(7)16)19-12(20)6-1-2-18-11(17)9(6)15/h1-4H,(H,19,20). The van der Waals surface area contributed by atoms with Gasteiger partial charge in [-0.15, -0.1) is 0 Å². The Morgan fingerprint density at radius 3 is 2.20 bits per heavy atom. The molecule has 2 aromatic rings. The number of benzene rings is 1. The van der Waals surface area contributed by atoms with E-state index in [1.807, 2.05) is 5.32 Å². The molecule has 3 nitrogen and oxygen atoms in total. The Balaban J connectivity index is 2.30. The van der Waals surface area contributed by atoms with Gasteiger partial charge in [-0.1, -0.05) is 0 Å². The molecule has 0 aliphatic rings. The number of halogens is 5. The molecule has 1 aromatic carbocycles. The van der Waals surface area contributed by atoms with Crippen molar-refractivity contribution in [2.45, 2.75) is 0 Å². The Bertz CT molecular complexity index is 667. The van der Waals surface area contributed by atoms with Gasteiger partial charge in [-0.3, -0.25) is 4.79 Å². The molecule has 2 rings (SSSR count). The summed E-state index contributed by atoms with van der Waals surface area (Å²) >= 11 is 0. The van der Waals surface area contributed by atoms with Crippen LogP contribution in [-0.2, 0) is 0 Å². The van der Waals surface area contributed by atoms with Gasteiger partial charge in [0.25, 0.3) is 5.91 Å². The fourth-order valence-electron chi connectivity index (χ4n) is 1.42. The molecule has 1 aromatic heterocycles. The van der Waals surface area contributed by atoms with Crippen LogP contribution < -0.4 is 5.32 Å². The molecule has 1 heterocycles. The molecule has 0 aliphatic carbocycles. The van der Waals surface area contributed by atoms with Crippen LogP contribution in [0.25, 0.3) is 0 Å². The van der Waals surface area contributed by atoms with E-state index in [1.165, 1.54) is 0 Å². The monoisotopic (exact) mass is 288 g/mol. The van der Waals surface area contributed by atoms with Crippen LogP contribution in [0.5, 0.6) is 0 Å². The number of rotatable bonds is 2. The Morgan fingerprint density at radius 2 is 1.60 bits per heavy atom. The summed E-state index contributed by atoms with van der Waals surface area (Å²) in [5, 5.41) is 1.92. The smallest absolute Gasteiger partial charge is 0.258 e. The highest BCUT2D eigenvalue weighted by molar-refractivity contribution is 6.04. The lowest BCUT2D eigenvalue weighted by molar-refractivity contribution is 0.102. The summed E-state index contributed by atoms with van der Waals surface area (Å²) in [7, 11) is 0. The van der Waals surface area contributed by atoms with Gasteiger partial charge in [-0.25, -0.2) is 22.5 Å². The van der Waals surface area contributed by atoms with E-state index in [1.54, 1.807) is 0 Å². The van der Waals surface area contributed by atoms with E-state index < -0.39 is 46.4 Å². The quantitative estimate of drug-likeness (QED) is 0.524. The van der Waals surface area contributed by atoms with E-state index in [9.17, 15) is 26.7 Å². The van der Waals surface area contributed by atoms with E-state index >= 15 is 0 Å². The fraction of sp³-hybridized carbons (Fsp3) is 0. The molecule has 0 saturated carbocycles. The highest BCUT2D eigenvalue weighted by Crippen LogP contribution is 2.18. The van der Waals surface area contributed by atoms with Gasteiger partial charge in [0, 0.05) is 24.0 Å². The number of pyridine rings is 1. The molecule has 0 radical (unpaired) electrons. The first kappa shape index (κ1) is 13.9. The summed E-state index contributed by atoms with van der Waals surface area (Å²) in [5.74, 6) is -8.91. The van der Waals surface area contributed by atoms with Gasteiger partial charge >= 0.3 is 0 Å². The summed E-state index contributed by atoms with van der Waals surface area (Å²) in [6.45, 7) is 0. The van der Waals surface area contributed by atoms with Gasteiger partial charge in [0.1, 0.15) is 0 Å². The van der Waals surface area contributed by atoms with Gasteiger partial charge in [0.15, 0.2) is 23.3 Å². The predicted molar refractivity (Wildman–Crippen MR) is 58.4 cm³/mol. The Morgan fingerprint density at radius 1 is 1.00 bits per heavy atom. The molecule has 1 N–H and O–H groups in total. The Kier molecular flexibility index (Phi) is 3.64. The number of nitrogens with one attached hydrogen (secondary N) is 1. The van der Waals surface area contributed by atoms with Crippen molar-refractivity contribution in [3.05, 3.63) is 59.2 Å². The molecule has 0 atom stereocenters. The fourth-order valence-corrected chi connectivity index (χ4v) is 1.42. The molecule has 8 heteroatoms. The number of aromatic nitrogens is 1. The number of hydrogen-bond acceptors (Lipinski definition) is 2. The maximum absolute atomic E-state index is 13.3. The Labute approximate surface area is 109 Å². The van der Waals surface area contributed by atoms with Gasteiger partial charge in [-0.2, -0.15) is 4.39 Å². The second kappa shape index (κ2) is 5.24. The molecule has 0 spiro atoms. The molecular formula is C12H5F5N2O. The van der Waals surface area contributed by atoms with Crippen LogP contribution >= 0.6 is 0 Å². The predicted octanol–water partition coefficient (Wildman–Crippen LogP) is 3.03. The second-order valence-electron chi connectivity index (χ2n) is 3.67. The number of carbonyl (C=O) groups excluding carboxylic acids is 1. The van der Waals surface area contributed by atoms with Gasteiger partial charge in [0.05, 0.1) is 5.56 Å². The van der Waals surface area contributed by atoms with Gasteiger partial charge in [0.2, 0.25) is 5.95 Å². The van der Waals surface area contributed by atoms with Gasteiger partial charge < -0.3 is 5.32 Å². The minimum absolute atomic E-state index is 0.442. The number of amides is 1. The summed E-state index contributed by atoms with van der Waals surface area (Å²) in [4.78, 5) is 14.6. The van der Waals surface area contributed by atoms with Crippen LogP contribution in [0, 0.1) is 29.2 Å². The second-order valence-corrected chi connectivity index (χ2v) is 3.67. The van der Waals surface area contributed by atoms with Crippen molar-refractivity contribution < 1.29 is 26.7 Å². The van der Waals surface area contributed by atoms with Crippen molar-refractivity contribution in [2.75, 3.05) is 5.32 Å². The first-order valence-corrected chi connectivity index (χ1v) is 5.16. The van der Waals surface area contributed by atoms with E-state index in [2.05, 4.69) is 4.98 Å². The Hall–Kier alpha value is -2.51. The average molecular weight is 288 g/mol. The number of hydrogen-bond donors (Lipinski definition) is 1. The molecule has 0 fully saturated rings. The third kappa shape index (κ3) is 2.58. The first-order chi connectivity index (χ1) is 9.40. The zero-order chi connectivity index (χ0) is 14.9. The number of carbonyl (C=O) groups is 1. The molecule has 1 amide bonds. The zero-order valence-electron chi connectivity index (χ0n) is 9.55. The lowest BCUT2D eigenvalue weighted by atomic mass is 10.2. The number of anilines is 1. The third-order valence-corrected chi connectivity index (χ3v) is 2.33. The summed E-state index contributed by atoms with van der Waals surface area (Å²) in [6, 6.07) is 1.89. The average Bonchev–Trinajstić information content (AvgIpc) is 2.39. The maximum Gasteiger partial charge on any atom is 0.258 e. The molecule has 0 unspecified atom stereocenters. The highest BCUT2D eigenvalue weighted by atomic mass is 19.2. The van der Waals surface area contributed by atoms with Crippen LogP contribution in [0.1, 0.15) is 10.4 Å². The van der Waals surface area contributed by atoms with Crippen LogP contribution in [0.3, 0.4) is 0 Å². The minimum atomic E-state index is -1.70. The molecule has 0 aliphatic heterocycles. The first-order valence-electron chi connectivity index (χ1n) is 5.16. The molecule has 104 valence electrons. The van der Waals surface area contributed by atoms with Crippen molar-refractivity contribution in [3.63, 3.8) is 0 Å². The highest BCUT2D eigenvalue weighted by Gasteiger charge is 2.18. The summed E-state index contributed by atoms with van der Waals surface area (Å²) in [6.07, 6.45) is 0.846. The summed E-state index contributed by atoms with van der Waals surface area (Å²) < 4.78 is 64.7. The normalized spacial score (nSPS) is 10.4. The van der Waals surface area contributed by atoms with Gasteiger partial charge in [-0.05, 0) is 6.07 Å². The van der Waals surface area contributed by atoms with Crippen molar-refractivity contribution in [2.24, 2.45) is 0 Å². The van der Waals surface area contributed by atoms with Crippen LogP contribution in [0.2, 0.25) is 0 Å². The van der Waals surface area contributed by atoms with E-state index in [4.69, 9.17) is 0 Å². The maximum atomic E-state index is 13.3. The number of nitrogens with zero attached hydrogens (tertiary/aromatic N) is 1. The molecule has 0 bridgehead atoms. The van der Waals surface area contributed by atoms with Crippen molar-refractivity contribution in [1.82, 2.24) is 4.98 Å². The lowest BCUT2D eigenvalue weighted by Crippen LogP contribution is -2.15.